The molecule has 0 fully saturated rings. The van der Waals surface area contributed by atoms with Gasteiger partial charge in [-0.25, -0.2) is 0 Å². The fraction of sp³-hybridized carbons (Fsp3) is 0.300. The third-order valence-corrected chi connectivity index (χ3v) is 3.50. The van der Waals surface area contributed by atoms with E-state index in [4.69, 9.17) is 4.74 Å². The van der Waals surface area contributed by atoms with Gasteiger partial charge in [0, 0.05) is 11.3 Å². The maximum Gasteiger partial charge on any atom is 0.282 e. The monoisotopic (exact) mass is 225 g/mol. The second kappa shape index (κ2) is 3.75. The third kappa shape index (κ3) is 1.68. The Balaban J connectivity index is 2.46. The summed E-state index contributed by atoms with van der Waals surface area (Å²) in [6.45, 7) is 0. The van der Waals surface area contributed by atoms with Crippen molar-refractivity contribution in [2.75, 3.05) is 18.7 Å². The van der Waals surface area contributed by atoms with E-state index in [2.05, 4.69) is 5.32 Å². The fourth-order valence-corrected chi connectivity index (χ4v) is 2.58. The van der Waals surface area contributed by atoms with Crippen LogP contribution in [-0.4, -0.2) is 23.8 Å². The summed E-state index contributed by atoms with van der Waals surface area (Å²) in [4.78, 5) is 11.5. The average Bonchev–Trinajstić information content (AvgIpc) is 2.52. The molecule has 1 amide bonds. The highest BCUT2D eigenvalue weighted by Crippen LogP contribution is 2.37. The predicted octanol–water partition coefficient (Wildman–Crippen LogP) is 1.07. The zero-order chi connectivity index (χ0) is 11.0. The van der Waals surface area contributed by atoms with Gasteiger partial charge in [0.1, 0.15) is 5.75 Å². The molecule has 4 nitrogen and oxygen atoms in total. The van der Waals surface area contributed by atoms with E-state index in [9.17, 15) is 9.35 Å². The van der Waals surface area contributed by atoms with Gasteiger partial charge in [-0.2, -0.15) is 0 Å². The van der Waals surface area contributed by atoms with Crippen molar-refractivity contribution in [2.45, 2.75) is 5.25 Å². The molecule has 1 heterocycles. The van der Waals surface area contributed by atoms with Crippen LogP contribution >= 0.6 is 0 Å². The largest absolute Gasteiger partial charge is 0.616 e. The van der Waals surface area contributed by atoms with Gasteiger partial charge in [0.25, 0.3) is 5.91 Å². The Hall–Kier alpha value is -1.20. The number of carbonyl (C=O) groups is 1. The zero-order valence-corrected chi connectivity index (χ0v) is 9.26. The average molecular weight is 225 g/mol. The number of benzene rings is 1. The number of fused-ring (bicyclic) bond motifs is 1. The SMILES string of the molecule is COc1ccc2c(c1)C([S+](C)[O-])C(=O)N2. The van der Waals surface area contributed by atoms with Gasteiger partial charge in [0.15, 0.2) is 0 Å². The second-order valence-electron chi connectivity index (χ2n) is 3.32. The lowest BCUT2D eigenvalue weighted by atomic mass is 10.1. The Kier molecular flexibility index (Phi) is 2.58. The first-order valence-electron chi connectivity index (χ1n) is 4.44. The van der Waals surface area contributed by atoms with Gasteiger partial charge >= 0.3 is 0 Å². The maximum absolute atomic E-state index is 11.5. The molecule has 1 aromatic carbocycles. The Morgan fingerprint density at radius 3 is 2.87 bits per heavy atom. The summed E-state index contributed by atoms with van der Waals surface area (Å²) in [6, 6.07) is 5.28. The molecule has 0 bridgehead atoms. The normalized spacial score (nSPS) is 20.7. The standard InChI is InChI=1S/C10H11NO3S/c1-14-6-3-4-8-7(5-6)9(15(2)13)10(12)11-8/h3-5,9H,1-2H3,(H,11,12). The van der Waals surface area contributed by atoms with Crippen molar-refractivity contribution in [3.8, 4) is 5.75 Å². The summed E-state index contributed by atoms with van der Waals surface area (Å²) in [5.41, 5.74) is 1.47. The van der Waals surface area contributed by atoms with Crippen LogP contribution in [0.15, 0.2) is 18.2 Å². The van der Waals surface area contributed by atoms with Crippen molar-refractivity contribution < 1.29 is 14.1 Å². The van der Waals surface area contributed by atoms with Crippen molar-refractivity contribution in [1.29, 1.82) is 0 Å². The molecule has 5 heteroatoms. The van der Waals surface area contributed by atoms with E-state index in [0.717, 1.165) is 11.3 Å². The quantitative estimate of drug-likeness (QED) is 0.766. The van der Waals surface area contributed by atoms with Crippen LogP contribution in [0.25, 0.3) is 0 Å². The van der Waals surface area contributed by atoms with Gasteiger partial charge < -0.3 is 14.6 Å². The molecular weight excluding hydrogens is 214 g/mol. The van der Waals surface area contributed by atoms with Crippen molar-refractivity contribution in [1.82, 2.24) is 0 Å². The third-order valence-electron chi connectivity index (χ3n) is 2.37. The number of anilines is 1. The van der Waals surface area contributed by atoms with E-state index in [0.29, 0.717) is 5.75 Å². The summed E-state index contributed by atoms with van der Waals surface area (Å²) in [6.07, 6.45) is 1.53. The molecule has 0 spiro atoms. The maximum atomic E-state index is 11.5. The van der Waals surface area contributed by atoms with E-state index < -0.39 is 16.4 Å². The number of amides is 1. The van der Waals surface area contributed by atoms with E-state index in [1.54, 1.807) is 25.3 Å². The van der Waals surface area contributed by atoms with Crippen molar-refractivity contribution in [3.05, 3.63) is 23.8 Å². The molecule has 2 rings (SSSR count). The Morgan fingerprint density at radius 1 is 1.53 bits per heavy atom. The molecule has 0 radical (unpaired) electrons. The summed E-state index contributed by atoms with van der Waals surface area (Å²) in [5.74, 6) is 0.458. The Bertz CT molecular complexity index is 406. The van der Waals surface area contributed by atoms with Crippen LogP contribution in [0.5, 0.6) is 5.75 Å². The van der Waals surface area contributed by atoms with Crippen LogP contribution in [0.4, 0.5) is 5.69 Å². The lowest BCUT2D eigenvalue weighted by molar-refractivity contribution is -0.115. The number of nitrogens with one attached hydrogen (secondary N) is 1. The number of rotatable bonds is 2. The molecular formula is C10H11NO3S. The van der Waals surface area contributed by atoms with Gasteiger partial charge in [-0.1, -0.05) is 0 Å². The van der Waals surface area contributed by atoms with Crippen molar-refractivity contribution in [3.63, 3.8) is 0 Å². The van der Waals surface area contributed by atoms with Crippen LogP contribution in [0.2, 0.25) is 0 Å². The highest BCUT2D eigenvalue weighted by molar-refractivity contribution is 7.91. The van der Waals surface area contributed by atoms with Crippen LogP contribution in [0.3, 0.4) is 0 Å². The summed E-state index contributed by atoms with van der Waals surface area (Å²) >= 11 is -1.21. The second-order valence-corrected chi connectivity index (χ2v) is 4.79. The molecule has 0 aliphatic carbocycles. The molecule has 0 saturated heterocycles. The van der Waals surface area contributed by atoms with Crippen LogP contribution in [-0.2, 0) is 16.0 Å². The number of hydrogen-bond donors (Lipinski definition) is 1. The number of hydrogen-bond acceptors (Lipinski definition) is 3. The predicted molar refractivity (Wildman–Crippen MR) is 58.4 cm³/mol. The van der Waals surface area contributed by atoms with Crippen LogP contribution in [0, 0.1) is 0 Å². The molecule has 1 aliphatic heterocycles. The summed E-state index contributed by atoms with van der Waals surface area (Å²) < 4.78 is 16.5. The van der Waals surface area contributed by atoms with Crippen LogP contribution in [0.1, 0.15) is 10.8 Å². The first-order chi connectivity index (χ1) is 7.13. The minimum absolute atomic E-state index is 0.209. The summed E-state index contributed by atoms with van der Waals surface area (Å²) in [5, 5.41) is 2.12. The van der Waals surface area contributed by atoms with E-state index in [1.807, 2.05) is 0 Å². The smallest absolute Gasteiger partial charge is 0.282 e. The van der Waals surface area contributed by atoms with Gasteiger partial charge in [-0.15, -0.1) is 0 Å². The zero-order valence-electron chi connectivity index (χ0n) is 8.44. The highest BCUT2D eigenvalue weighted by atomic mass is 32.2. The van der Waals surface area contributed by atoms with Crippen molar-refractivity contribution >= 4 is 22.8 Å². The van der Waals surface area contributed by atoms with E-state index >= 15 is 0 Å². The highest BCUT2D eigenvalue weighted by Gasteiger charge is 2.38. The van der Waals surface area contributed by atoms with Gasteiger partial charge in [-0.3, -0.25) is 4.79 Å². The fourth-order valence-electron chi connectivity index (χ4n) is 1.67. The Labute approximate surface area is 90.8 Å². The number of methoxy groups -OCH3 is 1. The molecule has 1 aliphatic rings. The van der Waals surface area contributed by atoms with Crippen LogP contribution < -0.4 is 10.1 Å². The minimum Gasteiger partial charge on any atom is -0.616 e. The lowest BCUT2D eigenvalue weighted by Crippen LogP contribution is -2.19. The molecule has 1 N–H and O–H groups in total. The van der Waals surface area contributed by atoms with Gasteiger partial charge in [-0.05, 0) is 29.4 Å². The topological polar surface area (TPSA) is 61.4 Å². The van der Waals surface area contributed by atoms with E-state index in [-0.39, 0.29) is 5.91 Å². The Morgan fingerprint density at radius 2 is 2.27 bits per heavy atom. The van der Waals surface area contributed by atoms with Gasteiger partial charge in [0.05, 0.1) is 13.4 Å². The molecule has 2 unspecified atom stereocenters. The molecule has 80 valence electrons. The van der Waals surface area contributed by atoms with Gasteiger partial charge in [0.2, 0.25) is 5.25 Å². The molecule has 2 atom stereocenters. The number of ether oxygens (including phenoxy) is 1. The lowest BCUT2D eigenvalue weighted by Gasteiger charge is -2.11. The molecule has 1 aromatic rings. The first-order valence-corrected chi connectivity index (χ1v) is 6.06. The molecule has 15 heavy (non-hydrogen) atoms. The summed E-state index contributed by atoms with van der Waals surface area (Å²) in [7, 11) is 1.56. The minimum atomic E-state index is -1.21. The number of carbonyl (C=O) groups excluding carboxylic acids is 1. The first kappa shape index (κ1) is 10.3. The molecule has 0 aromatic heterocycles. The molecule has 0 saturated carbocycles. The van der Waals surface area contributed by atoms with Crippen molar-refractivity contribution in [2.24, 2.45) is 0 Å². The van der Waals surface area contributed by atoms with E-state index in [1.165, 1.54) is 6.26 Å².